The van der Waals surface area contributed by atoms with E-state index in [1.165, 1.54) is 37.4 Å². The van der Waals surface area contributed by atoms with Crippen LogP contribution in [0.3, 0.4) is 0 Å². The third kappa shape index (κ3) is 3.57. The maximum atomic E-state index is 12.5. The Morgan fingerprint density at radius 1 is 1.44 bits per heavy atom. The first kappa shape index (κ1) is 17.9. The molecule has 0 aromatic carbocycles. The number of nitro groups is 1. The van der Waals surface area contributed by atoms with E-state index < -0.39 is 22.5 Å². The normalized spacial score (nSPS) is 10.4. The highest BCUT2D eigenvalue weighted by Gasteiger charge is 2.27. The highest BCUT2D eigenvalue weighted by molar-refractivity contribution is 5.99. The number of carbonyl (C=O) groups is 2. The van der Waals surface area contributed by atoms with Gasteiger partial charge in [0.25, 0.3) is 5.91 Å². The number of nitrogens with zero attached hydrogens (tertiary/aromatic N) is 3. The van der Waals surface area contributed by atoms with E-state index in [1.54, 1.807) is 6.92 Å². The molecule has 132 valence electrons. The van der Waals surface area contributed by atoms with Gasteiger partial charge in [0.1, 0.15) is 22.6 Å². The van der Waals surface area contributed by atoms with Gasteiger partial charge < -0.3 is 19.8 Å². The van der Waals surface area contributed by atoms with E-state index in [0.29, 0.717) is 11.5 Å². The van der Waals surface area contributed by atoms with Crippen LogP contribution in [0.15, 0.2) is 22.7 Å². The summed E-state index contributed by atoms with van der Waals surface area (Å²) in [7, 11) is 2.69. The second kappa shape index (κ2) is 6.99. The Hall–Kier alpha value is -3.43. The van der Waals surface area contributed by atoms with Crippen molar-refractivity contribution in [2.45, 2.75) is 13.5 Å². The number of furan rings is 1. The van der Waals surface area contributed by atoms with Gasteiger partial charge in [0, 0.05) is 13.2 Å². The molecule has 0 unspecified atom stereocenters. The van der Waals surface area contributed by atoms with Gasteiger partial charge in [-0.05, 0) is 19.1 Å². The summed E-state index contributed by atoms with van der Waals surface area (Å²) in [5.41, 5.74) is 5.00. The van der Waals surface area contributed by atoms with Crippen molar-refractivity contribution in [2.75, 3.05) is 19.9 Å². The molecule has 10 nitrogen and oxygen atoms in total. The molecule has 2 aromatic heterocycles. The van der Waals surface area contributed by atoms with Crippen LogP contribution in [-0.4, -0.2) is 40.8 Å². The summed E-state index contributed by atoms with van der Waals surface area (Å²) >= 11 is 0. The average molecular weight is 348 g/mol. The number of amides is 1. The molecule has 0 radical (unpaired) electrons. The summed E-state index contributed by atoms with van der Waals surface area (Å²) < 4.78 is 10.1. The molecule has 10 heteroatoms. The zero-order valence-corrected chi connectivity index (χ0v) is 13.8. The van der Waals surface area contributed by atoms with Gasteiger partial charge in [-0.1, -0.05) is 0 Å². The van der Waals surface area contributed by atoms with Crippen molar-refractivity contribution in [3.63, 3.8) is 0 Å². The highest BCUT2D eigenvalue weighted by atomic mass is 16.6. The summed E-state index contributed by atoms with van der Waals surface area (Å²) in [6.07, 6.45) is 1.22. The predicted molar refractivity (Wildman–Crippen MR) is 85.9 cm³/mol. The van der Waals surface area contributed by atoms with Crippen molar-refractivity contribution in [2.24, 2.45) is 0 Å². The maximum Gasteiger partial charge on any atom is 0.341 e. The average Bonchev–Trinajstić information content (AvgIpc) is 2.93. The lowest BCUT2D eigenvalue weighted by molar-refractivity contribution is -0.384. The lowest BCUT2D eigenvalue weighted by Crippen LogP contribution is -2.27. The van der Waals surface area contributed by atoms with E-state index >= 15 is 0 Å². The minimum absolute atomic E-state index is 0.00392. The van der Waals surface area contributed by atoms with Gasteiger partial charge in [-0.3, -0.25) is 14.9 Å². The van der Waals surface area contributed by atoms with E-state index in [2.05, 4.69) is 9.72 Å². The van der Waals surface area contributed by atoms with Crippen LogP contribution in [0, 0.1) is 17.0 Å². The van der Waals surface area contributed by atoms with Gasteiger partial charge in [0.15, 0.2) is 0 Å². The molecule has 0 saturated heterocycles. The molecule has 2 N–H and O–H groups in total. The number of hydrogen-bond donors (Lipinski definition) is 1. The Kier molecular flexibility index (Phi) is 5.01. The first-order valence-electron chi connectivity index (χ1n) is 7.08. The Morgan fingerprint density at radius 2 is 2.12 bits per heavy atom. The number of pyridine rings is 1. The second-order valence-electron chi connectivity index (χ2n) is 5.18. The molecular formula is C15H16N4O6. The predicted octanol–water partition coefficient (Wildman–Crippen LogP) is 1.53. The standard InChI is InChI=1S/C15H16N4O6/c1-8-11(15(21)24-3)6-9(25-8)7-18(2)14(20)10-4-5-17-13(16)12(10)19(22)23/h4-6H,7H2,1-3H3,(H2,16,17). The third-order valence-corrected chi connectivity index (χ3v) is 3.48. The molecule has 0 aliphatic rings. The lowest BCUT2D eigenvalue weighted by atomic mass is 10.2. The molecule has 0 atom stereocenters. The van der Waals surface area contributed by atoms with Crippen molar-refractivity contribution in [3.05, 3.63) is 51.1 Å². The molecule has 0 aliphatic heterocycles. The lowest BCUT2D eigenvalue weighted by Gasteiger charge is -2.15. The first-order chi connectivity index (χ1) is 11.8. The molecule has 2 aromatic rings. The van der Waals surface area contributed by atoms with Crippen molar-refractivity contribution in [3.8, 4) is 0 Å². The van der Waals surface area contributed by atoms with Gasteiger partial charge >= 0.3 is 11.7 Å². The molecule has 0 saturated carbocycles. The van der Waals surface area contributed by atoms with Crippen molar-refractivity contribution < 1.29 is 23.7 Å². The van der Waals surface area contributed by atoms with Crippen LogP contribution in [0.25, 0.3) is 0 Å². The minimum atomic E-state index is -0.754. The number of carbonyl (C=O) groups excluding carboxylic acids is 2. The number of ether oxygens (including phenoxy) is 1. The van der Waals surface area contributed by atoms with Gasteiger partial charge in [-0.2, -0.15) is 0 Å². The van der Waals surface area contributed by atoms with Crippen LogP contribution < -0.4 is 5.73 Å². The third-order valence-electron chi connectivity index (χ3n) is 3.48. The molecule has 0 bridgehead atoms. The van der Waals surface area contributed by atoms with Crippen LogP contribution >= 0.6 is 0 Å². The molecular weight excluding hydrogens is 332 g/mol. The quantitative estimate of drug-likeness (QED) is 0.487. The summed E-state index contributed by atoms with van der Waals surface area (Å²) in [5.74, 6) is -0.847. The molecule has 2 heterocycles. The fourth-order valence-electron chi connectivity index (χ4n) is 2.28. The summed E-state index contributed by atoms with van der Waals surface area (Å²) in [6.45, 7) is 1.59. The highest BCUT2D eigenvalue weighted by Crippen LogP contribution is 2.25. The Morgan fingerprint density at radius 3 is 2.72 bits per heavy atom. The van der Waals surface area contributed by atoms with Crippen LogP contribution in [0.1, 0.15) is 32.2 Å². The smallest absolute Gasteiger partial charge is 0.341 e. The van der Waals surface area contributed by atoms with E-state index in [9.17, 15) is 19.7 Å². The zero-order valence-electron chi connectivity index (χ0n) is 13.8. The van der Waals surface area contributed by atoms with Crippen molar-refractivity contribution >= 4 is 23.4 Å². The van der Waals surface area contributed by atoms with Gasteiger partial charge in [0.05, 0.1) is 18.6 Å². The number of esters is 1. The molecule has 0 spiro atoms. The monoisotopic (exact) mass is 348 g/mol. The number of rotatable bonds is 5. The largest absolute Gasteiger partial charge is 0.465 e. The van der Waals surface area contributed by atoms with Gasteiger partial charge in [0.2, 0.25) is 5.82 Å². The topological polar surface area (TPSA) is 142 Å². The zero-order chi connectivity index (χ0) is 18.7. The van der Waals surface area contributed by atoms with Crippen molar-refractivity contribution in [1.29, 1.82) is 0 Å². The molecule has 0 aliphatic carbocycles. The molecule has 0 fully saturated rings. The van der Waals surface area contributed by atoms with E-state index in [4.69, 9.17) is 10.2 Å². The molecule has 25 heavy (non-hydrogen) atoms. The maximum absolute atomic E-state index is 12.5. The van der Waals surface area contributed by atoms with Crippen LogP contribution in [0.4, 0.5) is 11.5 Å². The first-order valence-corrected chi connectivity index (χ1v) is 7.08. The van der Waals surface area contributed by atoms with Crippen LogP contribution in [-0.2, 0) is 11.3 Å². The summed E-state index contributed by atoms with van der Waals surface area (Å²) in [4.78, 5) is 39.3. The Balaban J connectivity index is 2.26. The number of nitrogens with two attached hydrogens (primary N) is 1. The van der Waals surface area contributed by atoms with Crippen LogP contribution in [0.5, 0.6) is 0 Å². The number of aromatic nitrogens is 1. The fourth-order valence-corrected chi connectivity index (χ4v) is 2.28. The van der Waals surface area contributed by atoms with Crippen LogP contribution in [0.2, 0.25) is 0 Å². The van der Waals surface area contributed by atoms with E-state index in [0.717, 1.165) is 0 Å². The number of nitrogen functional groups attached to an aromatic ring is 1. The van der Waals surface area contributed by atoms with Gasteiger partial charge in [-0.15, -0.1) is 0 Å². The summed E-state index contributed by atoms with van der Waals surface area (Å²) in [5, 5.41) is 11.1. The summed E-state index contributed by atoms with van der Waals surface area (Å²) in [6, 6.07) is 2.68. The van der Waals surface area contributed by atoms with E-state index in [-0.39, 0.29) is 23.5 Å². The van der Waals surface area contributed by atoms with Crippen molar-refractivity contribution in [1.82, 2.24) is 9.88 Å². The second-order valence-corrected chi connectivity index (χ2v) is 5.18. The number of methoxy groups -OCH3 is 1. The fraction of sp³-hybridized carbons (Fsp3) is 0.267. The molecule has 1 amide bonds. The Bertz CT molecular complexity index is 845. The Labute approximate surface area is 142 Å². The van der Waals surface area contributed by atoms with E-state index in [1.807, 2.05) is 0 Å². The SMILES string of the molecule is COC(=O)c1cc(CN(C)C(=O)c2ccnc(N)c2[N+](=O)[O-])oc1C. The molecule has 2 rings (SSSR count). The van der Waals surface area contributed by atoms with Gasteiger partial charge in [-0.25, -0.2) is 9.78 Å². The number of anilines is 1. The minimum Gasteiger partial charge on any atom is -0.465 e. The number of hydrogen-bond acceptors (Lipinski definition) is 8. The number of aryl methyl sites for hydroxylation is 1.